The Hall–Kier alpha value is -4.58. The lowest BCUT2D eigenvalue weighted by molar-refractivity contribution is 0.843. The molecule has 0 fully saturated rings. The molecule has 0 saturated heterocycles. The van der Waals surface area contributed by atoms with Crippen molar-refractivity contribution in [2.24, 2.45) is 4.99 Å². The van der Waals surface area contributed by atoms with Gasteiger partial charge in [0.05, 0.1) is 28.9 Å². The maximum atomic E-state index is 8.98. The summed E-state index contributed by atoms with van der Waals surface area (Å²) >= 11 is 0. The smallest absolute Gasteiger partial charge is 0.154 e. The van der Waals surface area contributed by atoms with Crippen molar-refractivity contribution < 1.29 is 0 Å². The van der Waals surface area contributed by atoms with Crippen LogP contribution in [-0.4, -0.2) is 44.1 Å². The fraction of sp³-hybridized carbons (Fsp3) is 0.200. The van der Waals surface area contributed by atoms with Gasteiger partial charge in [0.25, 0.3) is 0 Å². The van der Waals surface area contributed by atoms with Crippen molar-refractivity contribution in [3.8, 4) is 6.07 Å². The molecule has 2 N–H and O–H groups in total. The van der Waals surface area contributed by atoms with Gasteiger partial charge >= 0.3 is 0 Å². The average Bonchev–Trinajstić information content (AvgIpc) is 2.86. The van der Waals surface area contributed by atoms with Crippen molar-refractivity contribution in [3.63, 3.8) is 0 Å². The van der Waals surface area contributed by atoms with E-state index in [9.17, 15) is 0 Å². The van der Waals surface area contributed by atoms with Gasteiger partial charge in [0.2, 0.25) is 0 Å². The molecular formula is C25H23N9. The average molecular weight is 450 g/mol. The molecule has 0 aliphatic rings. The third kappa shape index (κ3) is 4.91. The van der Waals surface area contributed by atoms with Gasteiger partial charge in [-0.3, -0.25) is 9.98 Å². The molecule has 4 rings (SSSR count). The highest BCUT2D eigenvalue weighted by Crippen LogP contribution is 2.24. The molecule has 1 atom stereocenters. The van der Waals surface area contributed by atoms with E-state index in [-0.39, 0.29) is 0 Å². The molecule has 0 radical (unpaired) electrons. The molecule has 4 aromatic rings. The van der Waals surface area contributed by atoms with E-state index < -0.39 is 5.92 Å². The van der Waals surface area contributed by atoms with E-state index in [2.05, 4.69) is 44.3 Å². The summed E-state index contributed by atoms with van der Waals surface area (Å²) in [6.07, 6.45) is 6.71. The van der Waals surface area contributed by atoms with Gasteiger partial charge in [0.1, 0.15) is 17.6 Å². The van der Waals surface area contributed by atoms with E-state index in [1.54, 1.807) is 37.8 Å². The van der Waals surface area contributed by atoms with Gasteiger partial charge in [-0.1, -0.05) is 13.8 Å². The van der Waals surface area contributed by atoms with Crippen LogP contribution in [0.25, 0.3) is 11.0 Å². The van der Waals surface area contributed by atoms with Crippen LogP contribution in [0.2, 0.25) is 0 Å². The van der Waals surface area contributed by atoms with Gasteiger partial charge in [0, 0.05) is 31.2 Å². The maximum absolute atomic E-state index is 8.98. The Morgan fingerprint density at radius 3 is 2.59 bits per heavy atom. The molecule has 0 aromatic carbocycles. The number of aliphatic imine (C=N–C) groups is 1. The van der Waals surface area contributed by atoms with Crippen LogP contribution in [0.1, 0.15) is 48.1 Å². The van der Waals surface area contributed by atoms with Crippen LogP contribution in [-0.2, 0) is 0 Å². The second-order valence-corrected chi connectivity index (χ2v) is 8.00. The summed E-state index contributed by atoms with van der Waals surface area (Å²) < 4.78 is 0. The molecule has 0 saturated carbocycles. The van der Waals surface area contributed by atoms with Crippen molar-refractivity contribution >= 4 is 34.6 Å². The Morgan fingerprint density at radius 2 is 1.88 bits per heavy atom. The molecule has 4 aromatic heterocycles. The number of pyridine rings is 3. The summed E-state index contributed by atoms with van der Waals surface area (Å²) in [5.74, 6) is 1.14. The minimum absolute atomic E-state index is 0.303. The molecular weight excluding hydrogens is 426 g/mol. The third-order valence-electron chi connectivity index (χ3n) is 5.31. The van der Waals surface area contributed by atoms with E-state index in [0.29, 0.717) is 40.0 Å². The predicted molar refractivity (Wildman–Crippen MR) is 132 cm³/mol. The van der Waals surface area contributed by atoms with Crippen LogP contribution in [0.3, 0.4) is 0 Å². The molecule has 4 heterocycles. The summed E-state index contributed by atoms with van der Waals surface area (Å²) in [5, 5.41) is 29.1. The van der Waals surface area contributed by atoms with Crippen LogP contribution in [0.5, 0.6) is 0 Å². The highest BCUT2D eigenvalue weighted by Gasteiger charge is 2.18. The van der Waals surface area contributed by atoms with Crippen LogP contribution in [0.15, 0.2) is 60.0 Å². The molecule has 0 bridgehead atoms. The number of nitrogens with one attached hydrogen (secondary N) is 2. The second-order valence-electron chi connectivity index (χ2n) is 8.00. The third-order valence-corrected chi connectivity index (χ3v) is 5.31. The van der Waals surface area contributed by atoms with Crippen LogP contribution >= 0.6 is 0 Å². The van der Waals surface area contributed by atoms with Gasteiger partial charge in [-0.2, -0.15) is 10.4 Å². The number of rotatable bonds is 7. The van der Waals surface area contributed by atoms with Crippen molar-refractivity contribution in [2.45, 2.75) is 25.7 Å². The van der Waals surface area contributed by atoms with Crippen molar-refractivity contribution in [3.05, 3.63) is 77.4 Å². The fourth-order valence-electron chi connectivity index (χ4n) is 3.43. The number of hydrogen-bond donors (Lipinski definition) is 2. The maximum Gasteiger partial charge on any atom is 0.154 e. The first kappa shape index (κ1) is 22.6. The first-order chi connectivity index (χ1) is 16.5. The molecule has 0 aliphatic heterocycles. The summed E-state index contributed by atoms with van der Waals surface area (Å²) in [4.78, 5) is 17.5. The monoisotopic (exact) mass is 449 g/mol. The van der Waals surface area contributed by atoms with Gasteiger partial charge < -0.3 is 10.7 Å². The molecule has 34 heavy (non-hydrogen) atoms. The Morgan fingerprint density at radius 1 is 1.03 bits per heavy atom. The van der Waals surface area contributed by atoms with Crippen LogP contribution < -0.4 is 5.32 Å². The lowest BCUT2D eigenvalue weighted by Crippen LogP contribution is -2.15. The van der Waals surface area contributed by atoms with Gasteiger partial charge in [0.15, 0.2) is 5.82 Å². The van der Waals surface area contributed by atoms with Crippen molar-refractivity contribution in [1.82, 2.24) is 25.1 Å². The minimum Gasteiger partial charge on any atom is -0.323 e. The predicted octanol–water partition coefficient (Wildman–Crippen LogP) is 4.41. The quantitative estimate of drug-likeness (QED) is 0.399. The lowest BCUT2D eigenvalue weighted by Gasteiger charge is -2.15. The zero-order valence-electron chi connectivity index (χ0n) is 19.1. The fourth-order valence-corrected chi connectivity index (χ4v) is 3.43. The van der Waals surface area contributed by atoms with E-state index in [4.69, 9.17) is 15.7 Å². The first-order valence-corrected chi connectivity index (χ1v) is 10.7. The molecule has 1 unspecified atom stereocenters. The van der Waals surface area contributed by atoms with E-state index in [1.807, 2.05) is 30.3 Å². The summed E-state index contributed by atoms with van der Waals surface area (Å²) in [5.41, 5.74) is 4.48. The zero-order chi connectivity index (χ0) is 24.1. The lowest BCUT2D eigenvalue weighted by atomic mass is 9.92. The largest absolute Gasteiger partial charge is 0.323 e. The van der Waals surface area contributed by atoms with Crippen LogP contribution in [0.4, 0.5) is 11.6 Å². The number of fused-ring (bicyclic) bond motifs is 1. The molecule has 0 spiro atoms. The summed E-state index contributed by atoms with van der Waals surface area (Å²) in [6.45, 7) is 4.20. The zero-order valence-corrected chi connectivity index (χ0v) is 19.1. The van der Waals surface area contributed by atoms with Gasteiger partial charge in [-0.25, -0.2) is 9.97 Å². The van der Waals surface area contributed by atoms with Crippen LogP contribution in [0, 0.1) is 16.7 Å². The number of nitrogens with zero attached hydrogens (tertiary/aromatic N) is 7. The molecule has 9 heteroatoms. The van der Waals surface area contributed by atoms with E-state index in [0.717, 1.165) is 16.6 Å². The normalized spacial score (nSPS) is 12.1. The highest BCUT2D eigenvalue weighted by molar-refractivity contribution is 6.12. The standard InChI is InChI=1S/C25H23N9/c1-15(2)17-9-24(34-31-13-17)33-23-7-6-21-22(32-23)8-18(12-30-21)20(14-28-3)25(27)16-4-5-19(10-26)29-11-16/h4-9,11-15,20,27H,1-3H3,(H,32,33,34). The van der Waals surface area contributed by atoms with Crippen molar-refractivity contribution in [1.29, 1.82) is 10.7 Å². The minimum atomic E-state index is -0.441. The van der Waals surface area contributed by atoms with Crippen molar-refractivity contribution in [2.75, 3.05) is 12.4 Å². The second kappa shape index (κ2) is 9.92. The summed E-state index contributed by atoms with van der Waals surface area (Å²) in [6, 6.07) is 12.9. The van der Waals surface area contributed by atoms with E-state index >= 15 is 0 Å². The topological polar surface area (TPSA) is 136 Å². The molecule has 0 amide bonds. The van der Waals surface area contributed by atoms with Gasteiger partial charge in [-0.15, -0.1) is 5.10 Å². The first-order valence-electron chi connectivity index (χ1n) is 10.7. The number of aromatic nitrogens is 5. The SMILES string of the molecule is CN=CC(C(=N)c1ccc(C#N)nc1)c1cnc2ccc(Nc3cc(C(C)C)cnn3)nc2c1. The molecule has 0 aliphatic carbocycles. The van der Waals surface area contributed by atoms with E-state index in [1.165, 1.54) is 6.20 Å². The Kier molecular flexibility index (Phi) is 6.59. The number of hydrogen-bond acceptors (Lipinski definition) is 9. The molecule has 9 nitrogen and oxygen atoms in total. The summed E-state index contributed by atoms with van der Waals surface area (Å²) in [7, 11) is 1.67. The Bertz CT molecular complexity index is 1400. The highest BCUT2D eigenvalue weighted by atomic mass is 15.2. The Labute approximate surface area is 197 Å². The van der Waals surface area contributed by atoms with Gasteiger partial charge in [-0.05, 0) is 53.4 Å². The number of anilines is 2. The number of nitriles is 1. The Balaban J connectivity index is 1.65. The molecule has 168 valence electrons.